The van der Waals surface area contributed by atoms with Gasteiger partial charge in [-0.1, -0.05) is 35.3 Å². The van der Waals surface area contributed by atoms with E-state index in [1.165, 1.54) is 0 Å². The molecular weight excluding hydrogens is 359 g/mol. The first kappa shape index (κ1) is 19.3. The van der Waals surface area contributed by atoms with Crippen molar-refractivity contribution in [1.82, 2.24) is 5.32 Å². The molecule has 0 unspecified atom stereocenters. The minimum atomic E-state index is -1.20. The minimum Gasteiger partial charge on any atom is -0.355 e. The van der Waals surface area contributed by atoms with Crippen molar-refractivity contribution in [1.29, 1.82) is 0 Å². The van der Waals surface area contributed by atoms with Crippen LogP contribution in [0.25, 0.3) is 0 Å². The molecule has 6 heteroatoms. The van der Waals surface area contributed by atoms with Crippen molar-refractivity contribution in [3.63, 3.8) is 0 Å². The molecule has 2 amide bonds. The second kappa shape index (κ2) is 8.37. The van der Waals surface area contributed by atoms with E-state index < -0.39 is 5.41 Å². The monoisotopic (exact) mass is 378 g/mol. The van der Waals surface area contributed by atoms with Crippen LogP contribution in [0.15, 0.2) is 48.5 Å². The normalized spacial score (nSPS) is 11.0. The fourth-order valence-electron chi connectivity index (χ4n) is 2.16. The van der Waals surface area contributed by atoms with Gasteiger partial charge in [-0.2, -0.15) is 0 Å². The van der Waals surface area contributed by atoms with Gasteiger partial charge in [-0.25, -0.2) is 0 Å². The summed E-state index contributed by atoms with van der Waals surface area (Å²) in [7, 11) is 0. The zero-order valence-electron chi connectivity index (χ0n) is 14.1. The Labute approximate surface area is 157 Å². The van der Waals surface area contributed by atoms with Crippen molar-refractivity contribution in [3.05, 3.63) is 64.1 Å². The molecule has 2 rings (SSSR count). The molecule has 0 aliphatic heterocycles. The largest absolute Gasteiger partial charge is 0.355 e. The lowest BCUT2D eigenvalue weighted by atomic mass is 9.91. The fourth-order valence-corrected chi connectivity index (χ4v) is 2.50. The van der Waals surface area contributed by atoms with Gasteiger partial charge < -0.3 is 10.6 Å². The van der Waals surface area contributed by atoms with Gasteiger partial charge in [0.1, 0.15) is 5.41 Å². The van der Waals surface area contributed by atoms with E-state index in [1.54, 1.807) is 44.2 Å². The molecule has 0 atom stereocenters. The Morgan fingerprint density at radius 2 is 1.64 bits per heavy atom. The predicted octanol–water partition coefficient (Wildman–Crippen LogP) is 4.32. The summed E-state index contributed by atoms with van der Waals surface area (Å²) in [6.45, 7) is 3.61. The highest BCUT2D eigenvalue weighted by atomic mass is 35.5. The highest BCUT2D eigenvalue weighted by Gasteiger charge is 2.35. The van der Waals surface area contributed by atoms with E-state index in [9.17, 15) is 9.59 Å². The zero-order valence-corrected chi connectivity index (χ0v) is 15.6. The van der Waals surface area contributed by atoms with Gasteiger partial charge >= 0.3 is 0 Å². The van der Waals surface area contributed by atoms with Crippen LogP contribution in [0.1, 0.15) is 19.4 Å². The van der Waals surface area contributed by atoms with Gasteiger partial charge in [-0.05, 0) is 62.2 Å². The molecule has 2 aromatic carbocycles. The molecule has 132 valence electrons. The summed E-state index contributed by atoms with van der Waals surface area (Å²) >= 11 is 11.8. The summed E-state index contributed by atoms with van der Waals surface area (Å²) in [6.07, 6.45) is 0.640. The third-order valence-corrected chi connectivity index (χ3v) is 4.31. The van der Waals surface area contributed by atoms with Gasteiger partial charge in [-0.3, -0.25) is 9.59 Å². The predicted molar refractivity (Wildman–Crippen MR) is 102 cm³/mol. The molecule has 0 aromatic heterocycles. The van der Waals surface area contributed by atoms with Crippen molar-refractivity contribution in [2.75, 3.05) is 11.9 Å². The average molecular weight is 379 g/mol. The first-order chi connectivity index (χ1) is 11.8. The lowest BCUT2D eigenvalue weighted by Crippen LogP contribution is -2.45. The SMILES string of the molecule is CC(C)(C(=O)NCCc1cccc(Cl)c1)C(=O)Nc1ccc(Cl)cc1. The zero-order chi connectivity index (χ0) is 18.4. The van der Waals surface area contributed by atoms with Gasteiger partial charge in [-0.15, -0.1) is 0 Å². The molecule has 2 aromatic rings. The van der Waals surface area contributed by atoms with E-state index in [1.807, 2.05) is 18.2 Å². The molecule has 0 radical (unpaired) electrons. The average Bonchev–Trinajstić information content (AvgIpc) is 2.56. The topological polar surface area (TPSA) is 58.2 Å². The Bertz CT molecular complexity index is 758. The Morgan fingerprint density at radius 1 is 0.960 bits per heavy atom. The standard InChI is InChI=1S/C19H20Cl2N2O2/c1-19(2,18(25)23-16-8-6-14(20)7-9-16)17(24)22-11-10-13-4-3-5-15(21)12-13/h3-9,12H,10-11H2,1-2H3,(H,22,24)(H,23,25). The summed E-state index contributed by atoms with van der Waals surface area (Å²) in [5.74, 6) is -0.712. The van der Waals surface area contributed by atoms with Crippen molar-refractivity contribution in [2.24, 2.45) is 5.41 Å². The number of hydrogen-bond donors (Lipinski definition) is 2. The molecular formula is C19H20Cl2N2O2. The third kappa shape index (κ3) is 5.48. The van der Waals surface area contributed by atoms with Gasteiger partial charge in [0.05, 0.1) is 0 Å². The van der Waals surface area contributed by atoms with Crippen molar-refractivity contribution in [2.45, 2.75) is 20.3 Å². The number of hydrogen-bond acceptors (Lipinski definition) is 2. The third-order valence-electron chi connectivity index (χ3n) is 3.83. The molecule has 4 nitrogen and oxygen atoms in total. The second-order valence-electron chi connectivity index (χ2n) is 6.22. The summed E-state index contributed by atoms with van der Waals surface area (Å²) in [4.78, 5) is 24.8. The van der Waals surface area contributed by atoms with E-state index in [0.29, 0.717) is 28.7 Å². The van der Waals surface area contributed by atoms with Crippen LogP contribution in [0, 0.1) is 5.41 Å². The highest BCUT2D eigenvalue weighted by molar-refractivity contribution is 6.30. The summed E-state index contributed by atoms with van der Waals surface area (Å²) < 4.78 is 0. The molecule has 0 aliphatic rings. The molecule has 0 aliphatic carbocycles. The number of nitrogens with one attached hydrogen (secondary N) is 2. The van der Waals surface area contributed by atoms with Crippen LogP contribution >= 0.6 is 23.2 Å². The number of halogens is 2. The van der Waals surface area contributed by atoms with Crippen LogP contribution in [-0.2, 0) is 16.0 Å². The quantitative estimate of drug-likeness (QED) is 0.735. The number of anilines is 1. The number of carbonyl (C=O) groups excluding carboxylic acids is 2. The van der Waals surface area contributed by atoms with Gasteiger partial charge in [0.15, 0.2) is 0 Å². The van der Waals surface area contributed by atoms with E-state index in [0.717, 1.165) is 5.56 Å². The van der Waals surface area contributed by atoms with Gasteiger partial charge in [0, 0.05) is 22.3 Å². The van der Waals surface area contributed by atoms with Gasteiger partial charge in [0.2, 0.25) is 11.8 Å². The number of amides is 2. The number of benzene rings is 2. The minimum absolute atomic E-state index is 0.332. The smallest absolute Gasteiger partial charge is 0.239 e. The van der Waals surface area contributed by atoms with Crippen LogP contribution < -0.4 is 10.6 Å². The maximum absolute atomic E-state index is 12.4. The van der Waals surface area contributed by atoms with Gasteiger partial charge in [0.25, 0.3) is 0 Å². The maximum Gasteiger partial charge on any atom is 0.239 e. The second-order valence-corrected chi connectivity index (χ2v) is 7.09. The summed E-state index contributed by atoms with van der Waals surface area (Å²) in [6, 6.07) is 14.2. The molecule has 0 heterocycles. The Balaban J connectivity index is 1.89. The molecule has 0 bridgehead atoms. The molecule has 2 N–H and O–H groups in total. The van der Waals surface area contributed by atoms with Crippen molar-refractivity contribution >= 4 is 40.7 Å². The first-order valence-electron chi connectivity index (χ1n) is 7.89. The first-order valence-corrected chi connectivity index (χ1v) is 8.64. The lowest BCUT2D eigenvalue weighted by Gasteiger charge is -2.22. The molecule has 25 heavy (non-hydrogen) atoms. The van der Waals surface area contributed by atoms with Crippen LogP contribution in [0.4, 0.5) is 5.69 Å². The van der Waals surface area contributed by atoms with Crippen LogP contribution in [-0.4, -0.2) is 18.4 Å². The fraction of sp³-hybridized carbons (Fsp3) is 0.263. The van der Waals surface area contributed by atoms with Crippen molar-refractivity contribution in [3.8, 4) is 0 Å². The Kier molecular flexibility index (Phi) is 6.45. The van der Waals surface area contributed by atoms with Crippen LogP contribution in [0.2, 0.25) is 10.0 Å². The van der Waals surface area contributed by atoms with Crippen LogP contribution in [0.3, 0.4) is 0 Å². The van der Waals surface area contributed by atoms with Crippen LogP contribution in [0.5, 0.6) is 0 Å². The van der Waals surface area contributed by atoms with E-state index in [2.05, 4.69) is 10.6 Å². The highest BCUT2D eigenvalue weighted by Crippen LogP contribution is 2.20. The molecule has 0 spiro atoms. The maximum atomic E-state index is 12.4. The Hall–Kier alpha value is -2.04. The lowest BCUT2D eigenvalue weighted by molar-refractivity contribution is -0.138. The summed E-state index contributed by atoms with van der Waals surface area (Å²) in [5, 5.41) is 6.77. The number of rotatable bonds is 6. The van der Waals surface area contributed by atoms with Crippen molar-refractivity contribution < 1.29 is 9.59 Å². The number of carbonyl (C=O) groups is 2. The molecule has 0 saturated carbocycles. The molecule has 0 saturated heterocycles. The van der Waals surface area contributed by atoms with E-state index in [-0.39, 0.29) is 11.8 Å². The van der Waals surface area contributed by atoms with E-state index >= 15 is 0 Å². The summed E-state index contributed by atoms with van der Waals surface area (Å²) in [5.41, 5.74) is 0.416. The molecule has 0 fully saturated rings. The van der Waals surface area contributed by atoms with E-state index in [4.69, 9.17) is 23.2 Å². The Morgan fingerprint density at radius 3 is 2.28 bits per heavy atom.